The highest BCUT2D eigenvalue weighted by Crippen LogP contribution is 2.41. The lowest BCUT2D eigenvalue weighted by Gasteiger charge is -2.36. The standard InChI is InChI=1S/C20H21ClN4OS/c1-20(2)7-16(24-19(26)17-11-27-12-22-17)15-9-23-25(18(15)8-20)10-13-4-3-5-14(21)6-13/h3-6,9,11-12,16H,7-8,10H2,1-2H3,(H,24,26). The second-order valence-corrected chi connectivity index (χ2v) is 8.93. The van der Waals surface area contributed by atoms with Gasteiger partial charge in [-0.1, -0.05) is 37.6 Å². The third kappa shape index (κ3) is 3.92. The van der Waals surface area contributed by atoms with Crippen molar-refractivity contribution in [3.63, 3.8) is 0 Å². The van der Waals surface area contributed by atoms with Gasteiger partial charge in [0, 0.05) is 21.7 Å². The van der Waals surface area contributed by atoms with Gasteiger partial charge >= 0.3 is 0 Å². The van der Waals surface area contributed by atoms with Crippen LogP contribution in [0.25, 0.3) is 0 Å². The van der Waals surface area contributed by atoms with E-state index in [1.807, 2.05) is 29.1 Å². The molecule has 1 unspecified atom stereocenters. The molecule has 1 aliphatic carbocycles. The number of thiazole rings is 1. The molecule has 2 aromatic heterocycles. The van der Waals surface area contributed by atoms with Crippen LogP contribution in [0.4, 0.5) is 0 Å². The summed E-state index contributed by atoms with van der Waals surface area (Å²) in [6.45, 7) is 5.13. The number of halogens is 1. The molecular formula is C20H21ClN4OS. The molecule has 1 aliphatic rings. The highest BCUT2D eigenvalue weighted by molar-refractivity contribution is 7.07. The Morgan fingerprint density at radius 2 is 2.30 bits per heavy atom. The molecule has 0 fully saturated rings. The van der Waals surface area contributed by atoms with Gasteiger partial charge in [0.2, 0.25) is 0 Å². The fraction of sp³-hybridized carbons (Fsp3) is 0.350. The van der Waals surface area contributed by atoms with Gasteiger partial charge in [-0.2, -0.15) is 5.10 Å². The summed E-state index contributed by atoms with van der Waals surface area (Å²) in [5.41, 5.74) is 5.60. The van der Waals surface area contributed by atoms with Crippen molar-refractivity contribution in [3.05, 3.63) is 68.9 Å². The zero-order valence-electron chi connectivity index (χ0n) is 15.3. The van der Waals surface area contributed by atoms with E-state index in [2.05, 4.69) is 35.3 Å². The van der Waals surface area contributed by atoms with E-state index in [1.54, 1.807) is 10.9 Å². The average molecular weight is 401 g/mol. The van der Waals surface area contributed by atoms with E-state index in [4.69, 9.17) is 11.6 Å². The number of nitrogens with one attached hydrogen (secondary N) is 1. The number of hydrogen-bond acceptors (Lipinski definition) is 4. The predicted molar refractivity (Wildman–Crippen MR) is 107 cm³/mol. The number of hydrogen-bond donors (Lipinski definition) is 1. The van der Waals surface area contributed by atoms with Crippen LogP contribution in [-0.4, -0.2) is 20.7 Å². The number of carbonyl (C=O) groups excluding carboxylic acids is 1. The molecule has 0 saturated carbocycles. The summed E-state index contributed by atoms with van der Waals surface area (Å²) in [6, 6.07) is 7.78. The van der Waals surface area contributed by atoms with Crippen molar-refractivity contribution >= 4 is 28.8 Å². The van der Waals surface area contributed by atoms with Crippen molar-refractivity contribution in [3.8, 4) is 0 Å². The number of aromatic nitrogens is 3. The first-order chi connectivity index (χ1) is 12.9. The van der Waals surface area contributed by atoms with Gasteiger partial charge < -0.3 is 5.32 Å². The quantitative estimate of drug-likeness (QED) is 0.702. The third-order valence-electron chi connectivity index (χ3n) is 4.95. The van der Waals surface area contributed by atoms with Crippen molar-refractivity contribution in [2.45, 2.75) is 39.3 Å². The normalized spacial score (nSPS) is 18.1. The summed E-state index contributed by atoms with van der Waals surface area (Å²) in [4.78, 5) is 16.6. The van der Waals surface area contributed by atoms with Crippen LogP contribution < -0.4 is 5.32 Å². The monoisotopic (exact) mass is 400 g/mol. The van der Waals surface area contributed by atoms with Crippen LogP contribution in [0.5, 0.6) is 0 Å². The summed E-state index contributed by atoms with van der Waals surface area (Å²) in [5.74, 6) is -0.132. The maximum Gasteiger partial charge on any atom is 0.271 e. The molecule has 140 valence electrons. The molecule has 2 heterocycles. The lowest BCUT2D eigenvalue weighted by Crippen LogP contribution is -2.37. The number of benzene rings is 1. The summed E-state index contributed by atoms with van der Waals surface area (Å²) >= 11 is 7.54. The first kappa shape index (κ1) is 18.2. The van der Waals surface area contributed by atoms with Crippen LogP contribution in [0.3, 0.4) is 0 Å². The molecule has 1 amide bonds. The zero-order chi connectivity index (χ0) is 19.0. The molecule has 0 aliphatic heterocycles. The van der Waals surface area contributed by atoms with E-state index < -0.39 is 0 Å². The lowest BCUT2D eigenvalue weighted by molar-refractivity contribution is 0.0914. The number of amides is 1. The van der Waals surface area contributed by atoms with Crippen LogP contribution >= 0.6 is 22.9 Å². The largest absolute Gasteiger partial charge is 0.344 e. The van der Waals surface area contributed by atoms with Crippen molar-refractivity contribution < 1.29 is 4.79 Å². The number of carbonyl (C=O) groups is 1. The summed E-state index contributed by atoms with van der Waals surface area (Å²) in [6.07, 6.45) is 3.69. The number of rotatable bonds is 4. The van der Waals surface area contributed by atoms with Crippen LogP contribution in [-0.2, 0) is 13.0 Å². The summed E-state index contributed by atoms with van der Waals surface area (Å²) in [5, 5.41) is 10.3. The highest BCUT2D eigenvalue weighted by Gasteiger charge is 2.36. The smallest absolute Gasteiger partial charge is 0.271 e. The van der Waals surface area contributed by atoms with Crippen LogP contribution in [0.1, 0.15) is 53.6 Å². The topological polar surface area (TPSA) is 59.8 Å². The molecule has 27 heavy (non-hydrogen) atoms. The molecule has 1 N–H and O–H groups in total. The molecule has 0 radical (unpaired) electrons. The lowest BCUT2D eigenvalue weighted by atomic mass is 9.74. The Hall–Kier alpha value is -2.18. The Labute approximate surface area is 167 Å². The molecule has 4 rings (SSSR count). The minimum atomic E-state index is -0.132. The van der Waals surface area contributed by atoms with Gasteiger partial charge in [0.15, 0.2) is 0 Å². The first-order valence-corrected chi connectivity index (χ1v) is 10.2. The number of nitrogens with zero attached hydrogens (tertiary/aromatic N) is 3. The number of fused-ring (bicyclic) bond motifs is 1. The average Bonchev–Trinajstić information content (AvgIpc) is 3.25. The van der Waals surface area contributed by atoms with Gasteiger partial charge in [-0.25, -0.2) is 4.98 Å². The molecule has 1 atom stereocenters. The second kappa shape index (κ2) is 7.09. The zero-order valence-corrected chi connectivity index (χ0v) is 16.8. The first-order valence-electron chi connectivity index (χ1n) is 8.89. The molecular weight excluding hydrogens is 380 g/mol. The second-order valence-electron chi connectivity index (χ2n) is 7.78. The minimum Gasteiger partial charge on any atom is -0.344 e. The van der Waals surface area contributed by atoms with Crippen molar-refractivity contribution in [2.24, 2.45) is 5.41 Å². The fourth-order valence-corrected chi connectivity index (χ4v) is 4.47. The van der Waals surface area contributed by atoms with E-state index in [-0.39, 0.29) is 17.4 Å². The molecule has 0 saturated heterocycles. The van der Waals surface area contributed by atoms with Crippen molar-refractivity contribution in [2.75, 3.05) is 0 Å². The van der Waals surface area contributed by atoms with E-state index in [0.717, 1.165) is 29.0 Å². The van der Waals surface area contributed by atoms with Gasteiger partial charge in [0.05, 0.1) is 24.3 Å². The minimum absolute atomic E-state index is 0.0638. The molecule has 0 spiro atoms. The van der Waals surface area contributed by atoms with Gasteiger partial charge in [-0.15, -0.1) is 11.3 Å². The van der Waals surface area contributed by atoms with Crippen LogP contribution in [0.2, 0.25) is 5.02 Å². The van der Waals surface area contributed by atoms with Crippen LogP contribution in [0, 0.1) is 5.41 Å². The summed E-state index contributed by atoms with van der Waals surface area (Å²) in [7, 11) is 0. The highest BCUT2D eigenvalue weighted by atomic mass is 35.5. The third-order valence-corrected chi connectivity index (χ3v) is 5.77. The Morgan fingerprint density at radius 3 is 3.04 bits per heavy atom. The Kier molecular flexibility index (Phi) is 4.78. The summed E-state index contributed by atoms with van der Waals surface area (Å²) < 4.78 is 2.03. The van der Waals surface area contributed by atoms with E-state index in [1.165, 1.54) is 17.0 Å². The van der Waals surface area contributed by atoms with Gasteiger partial charge in [0.1, 0.15) is 5.69 Å². The van der Waals surface area contributed by atoms with Gasteiger partial charge in [0.25, 0.3) is 5.91 Å². The van der Waals surface area contributed by atoms with E-state index in [9.17, 15) is 4.79 Å². The molecule has 7 heteroatoms. The van der Waals surface area contributed by atoms with E-state index >= 15 is 0 Å². The van der Waals surface area contributed by atoms with Gasteiger partial charge in [-0.05, 0) is 36.0 Å². The molecule has 5 nitrogen and oxygen atoms in total. The molecule has 1 aromatic carbocycles. The van der Waals surface area contributed by atoms with Crippen LogP contribution in [0.15, 0.2) is 41.4 Å². The molecule has 0 bridgehead atoms. The van der Waals surface area contributed by atoms with E-state index in [0.29, 0.717) is 12.2 Å². The SMILES string of the molecule is CC1(C)Cc2c(cnn2Cc2cccc(Cl)c2)C(NC(=O)c2cscn2)C1. The van der Waals surface area contributed by atoms with Crippen molar-refractivity contribution in [1.82, 2.24) is 20.1 Å². The Balaban J connectivity index is 1.62. The fourth-order valence-electron chi connectivity index (χ4n) is 3.73. The maximum absolute atomic E-state index is 12.5. The van der Waals surface area contributed by atoms with Crippen molar-refractivity contribution in [1.29, 1.82) is 0 Å². The predicted octanol–water partition coefficient (Wildman–Crippen LogP) is 4.48. The van der Waals surface area contributed by atoms with Gasteiger partial charge in [-0.3, -0.25) is 9.48 Å². The molecule has 3 aromatic rings. The Bertz CT molecular complexity index is 964. The Morgan fingerprint density at radius 1 is 1.44 bits per heavy atom. The maximum atomic E-state index is 12.5.